The van der Waals surface area contributed by atoms with Gasteiger partial charge in [0, 0.05) is 31.3 Å². The lowest BCUT2D eigenvalue weighted by Crippen LogP contribution is -2.48. The van der Waals surface area contributed by atoms with Gasteiger partial charge in [0.2, 0.25) is 0 Å². The third kappa shape index (κ3) is 9.34. The Kier molecular flexibility index (Phi) is 11.0. The number of carbonyl (C=O) groups is 1. The molecule has 0 spiro atoms. The molecule has 0 aliphatic carbocycles. The first-order chi connectivity index (χ1) is 20.2. The highest BCUT2D eigenvalue weighted by Gasteiger charge is 2.23. The molecule has 2 atom stereocenters. The number of aliphatic hydroxyl groups excluding tert-OH is 1. The van der Waals surface area contributed by atoms with Crippen molar-refractivity contribution in [2.24, 2.45) is 0 Å². The second kappa shape index (κ2) is 14.9. The monoisotopic (exact) mass is 575 g/mol. The predicted octanol–water partition coefficient (Wildman–Crippen LogP) is 5.55. The van der Waals surface area contributed by atoms with E-state index in [0.29, 0.717) is 30.8 Å². The number of nitrogens with zero attached hydrogens (tertiary/aromatic N) is 1. The van der Waals surface area contributed by atoms with Gasteiger partial charge < -0.3 is 20.2 Å². The highest BCUT2D eigenvalue weighted by atomic mass is 19.1. The van der Waals surface area contributed by atoms with Crippen molar-refractivity contribution in [3.8, 4) is 0 Å². The van der Waals surface area contributed by atoms with E-state index in [2.05, 4.69) is 34.6 Å². The molecule has 4 aromatic rings. The van der Waals surface area contributed by atoms with E-state index in [4.69, 9.17) is 4.42 Å². The lowest BCUT2D eigenvalue weighted by atomic mass is 9.99. The summed E-state index contributed by atoms with van der Waals surface area (Å²) in [5.41, 5.74) is 4.97. The van der Waals surface area contributed by atoms with Crippen molar-refractivity contribution >= 4 is 5.91 Å². The number of hydrogen-bond donors (Lipinski definition) is 3. The predicted molar refractivity (Wildman–Crippen MR) is 160 cm³/mol. The normalized spacial score (nSPS) is 12.8. The average Bonchev–Trinajstić information content (AvgIpc) is 3.44. The van der Waals surface area contributed by atoms with Crippen molar-refractivity contribution in [3.05, 3.63) is 130 Å². The van der Waals surface area contributed by atoms with Crippen LogP contribution in [0.5, 0.6) is 0 Å². The van der Waals surface area contributed by atoms with Crippen molar-refractivity contribution in [1.82, 2.24) is 15.5 Å². The Morgan fingerprint density at radius 1 is 0.929 bits per heavy atom. The number of rotatable bonds is 14. The molecule has 0 aliphatic rings. The van der Waals surface area contributed by atoms with Crippen LogP contribution in [0.4, 0.5) is 8.78 Å². The Labute approximate surface area is 246 Å². The smallest absolute Gasteiger partial charge is 0.251 e. The topological polar surface area (TPSA) is 77.7 Å². The van der Waals surface area contributed by atoms with Gasteiger partial charge in [0.05, 0.1) is 25.0 Å². The van der Waals surface area contributed by atoms with Crippen LogP contribution in [-0.4, -0.2) is 41.7 Å². The number of halogens is 2. The van der Waals surface area contributed by atoms with Gasteiger partial charge in [-0.25, -0.2) is 8.78 Å². The van der Waals surface area contributed by atoms with Crippen LogP contribution >= 0.6 is 0 Å². The summed E-state index contributed by atoms with van der Waals surface area (Å²) < 4.78 is 33.4. The van der Waals surface area contributed by atoms with Gasteiger partial charge >= 0.3 is 0 Å². The maximum Gasteiger partial charge on any atom is 0.251 e. The van der Waals surface area contributed by atoms with Crippen LogP contribution in [0.3, 0.4) is 0 Å². The first-order valence-corrected chi connectivity index (χ1v) is 14.2. The van der Waals surface area contributed by atoms with E-state index < -0.39 is 23.8 Å². The van der Waals surface area contributed by atoms with Crippen LogP contribution < -0.4 is 10.6 Å². The fourth-order valence-electron chi connectivity index (χ4n) is 5.10. The third-order valence-electron chi connectivity index (χ3n) is 7.10. The highest BCUT2D eigenvalue weighted by molar-refractivity contribution is 5.94. The minimum Gasteiger partial charge on any atom is -0.468 e. The van der Waals surface area contributed by atoms with Gasteiger partial charge in [0.15, 0.2) is 0 Å². The van der Waals surface area contributed by atoms with Gasteiger partial charge in [-0.15, -0.1) is 0 Å². The third-order valence-corrected chi connectivity index (χ3v) is 7.10. The molecule has 0 saturated heterocycles. The van der Waals surface area contributed by atoms with Crippen LogP contribution in [0.25, 0.3) is 0 Å². The summed E-state index contributed by atoms with van der Waals surface area (Å²) in [5, 5.41) is 17.3. The summed E-state index contributed by atoms with van der Waals surface area (Å²) in [6, 6.07) is 20.0. The van der Waals surface area contributed by atoms with Gasteiger partial charge in [0.1, 0.15) is 17.4 Å². The molecular weight excluding hydrogens is 536 g/mol. The lowest BCUT2D eigenvalue weighted by molar-refractivity contribution is 0.0829. The number of hydrogen-bond acceptors (Lipinski definition) is 5. The van der Waals surface area contributed by atoms with Crippen molar-refractivity contribution in [2.75, 3.05) is 13.6 Å². The van der Waals surface area contributed by atoms with Crippen molar-refractivity contribution < 1.29 is 23.1 Å². The molecule has 1 amide bonds. The molecule has 0 unspecified atom stereocenters. The fourth-order valence-corrected chi connectivity index (χ4v) is 5.10. The van der Waals surface area contributed by atoms with E-state index in [9.17, 15) is 18.7 Å². The largest absolute Gasteiger partial charge is 0.468 e. The number of nitrogens with one attached hydrogen (secondary N) is 2. The second-order valence-corrected chi connectivity index (χ2v) is 10.9. The van der Waals surface area contributed by atoms with Crippen LogP contribution in [0.2, 0.25) is 0 Å². The summed E-state index contributed by atoms with van der Waals surface area (Å²) in [6.45, 7) is 5.95. The fraction of sp³-hybridized carbons (Fsp3) is 0.324. The second-order valence-electron chi connectivity index (χ2n) is 10.9. The highest BCUT2D eigenvalue weighted by Crippen LogP contribution is 2.16. The van der Waals surface area contributed by atoms with Gasteiger partial charge in [-0.1, -0.05) is 42.8 Å². The van der Waals surface area contributed by atoms with Gasteiger partial charge in [0.25, 0.3) is 5.91 Å². The van der Waals surface area contributed by atoms with E-state index in [-0.39, 0.29) is 18.9 Å². The van der Waals surface area contributed by atoms with E-state index in [0.717, 1.165) is 34.9 Å². The Balaban J connectivity index is 1.46. The molecule has 42 heavy (non-hydrogen) atoms. The standard InChI is InChI=1S/C34H39F2N3O3/c1-4-24-7-5-8-25(13-24)19-37-20-33(40)32(17-26-15-29(35)18-30(36)16-26)38-34(41)28-12-23(2)11-27(14-28)21-39(3)22-31-9-6-10-42-31/h5-16,18,32-33,37,40H,4,17,19-22H2,1-3H3,(H,38,41)/t32-,33-/m0/s1. The zero-order valence-electron chi connectivity index (χ0n) is 24.4. The number of benzene rings is 3. The van der Waals surface area contributed by atoms with E-state index >= 15 is 0 Å². The van der Waals surface area contributed by atoms with E-state index in [1.54, 1.807) is 12.3 Å². The summed E-state index contributed by atoms with van der Waals surface area (Å²) in [7, 11) is 1.97. The van der Waals surface area contributed by atoms with Gasteiger partial charge in [-0.05, 0) is 85.5 Å². The summed E-state index contributed by atoms with van der Waals surface area (Å²) in [4.78, 5) is 15.6. The minimum absolute atomic E-state index is 0.0547. The molecule has 1 heterocycles. The SMILES string of the molecule is CCc1cccc(CNC[C@H](O)[C@H](Cc2cc(F)cc(F)c2)NC(=O)c2cc(C)cc(CN(C)Cc3ccco3)c2)c1. The molecule has 3 N–H and O–H groups in total. The van der Waals surface area contributed by atoms with Gasteiger partial charge in [-0.3, -0.25) is 9.69 Å². The maximum absolute atomic E-state index is 14.0. The maximum atomic E-state index is 14.0. The van der Waals surface area contributed by atoms with E-state index in [1.165, 1.54) is 17.7 Å². The van der Waals surface area contributed by atoms with Gasteiger partial charge in [-0.2, -0.15) is 0 Å². The lowest BCUT2D eigenvalue weighted by Gasteiger charge is -2.25. The van der Waals surface area contributed by atoms with Crippen LogP contribution in [0, 0.1) is 18.6 Å². The molecule has 222 valence electrons. The number of furan rings is 1. The number of aryl methyl sites for hydroxylation is 2. The minimum atomic E-state index is -1.02. The zero-order valence-corrected chi connectivity index (χ0v) is 24.4. The van der Waals surface area contributed by atoms with Crippen molar-refractivity contribution in [3.63, 3.8) is 0 Å². The molecule has 0 fully saturated rings. The quantitative estimate of drug-likeness (QED) is 0.184. The summed E-state index contributed by atoms with van der Waals surface area (Å²) >= 11 is 0. The first kappa shape index (κ1) is 31.1. The summed E-state index contributed by atoms with van der Waals surface area (Å²) in [5.74, 6) is -0.938. The molecule has 0 aliphatic heterocycles. The van der Waals surface area contributed by atoms with Crippen LogP contribution in [-0.2, 0) is 32.5 Å². The molecule has 6 nitrogen and oxygen atoms in total. The Morgan fingerprint density at radius 2 is 1.69 bits per heavy atom. The molecule has 1 aromatic heterocycles. The molecular formula is C34H39F2N3O3. The number of aliphatic hydroxyl groups is 1. The molecule has 0 saturated carbocycles. The van der Waals surface area contributed by atoms with Crippen molar-refractivity contribution in [1.29, 1.82) is 0 Å². The number of amides is 1. The van der Waals surface area contributed by atoms with Crippen molar-refractivity contribution in [2.45, 2.75) is 58.5 Å². The molecule has 8 heteroatoms. The molecule has 3 aromatic carbocycles. The molecule has 0 bridgehead atoms. The zero-order chi connectivity index (χ0) is 30.1. The van der Waals surface area contributed by atoms with Crippen LogP contribution in [0.1, 0.15) is 50.9 Å². The Bertz CT molecular complexity index is 1440. The first-order valence-electron chi connectivity index (χ1n) is 14.2. The Morgan fingerprint density at radius 3 is 2.40 bits per heavy atom. The average molecular weight is 576 g/mol. The van der Waals surface area contributed by atoms with E-state index in [1.807, 2.05) is 50.4 Å². The number of carbonyl (C=O) groups excluding carboxylic acids is 1. The molecule has 0 radical (unpaired) electrons. The molecule has 4 rings (SSSR count). The Hall–Kier alpha value is -3.85. The van der Waals surface area contributed by atoms with Crippen LogP contribution in [0.15, 0.2) is 83.5 Å². The summed E-state index contributed by atoms with van der Waals surface area (Å²) in [6.07, 6.45) is 1.61.